The maximum atomic E-state index is 14.4. The second kappa shape index (κ2) is 29.3. The second-order valence-electron chi connectivity index (χ2n) is 22.2. The van der Waals surface area contributed by atoms with Crippen LogP contribution in [0, 0.1) is 0 Å². The predicted molar refractivity (Wildman–Crippen MR) is 328 cm³/mol. The molecule has 7 heterocycles. The summed E-state index contributed by atoms with van der Waals surface area (Å²) >= 11 is 0. The minimum absolute atomic E-state index is 0.00623. The zero-order valence-corrected chi connectivity index (χ0v) is 52.2. The lowest BCUT2D eigenvalue weighted by Crippen LogP contribution is -2.60. The Labute approximate surface area is 537 Å². The number of ether oxygens (including phenoxy) is 9. The van der Waals surface area contributed by atoms with Crippen LogP contribution in [0.2, 0.25) is 0 Å². The van der Waals surface area contributed by atoms with E-state index in [1.54, 1.807) is 53.1 Å². The first kappa shape index (κ1) is 66.1. The average molecular weight is 1320 g/mol. The van der Waals surface area contributed by atoms with E-state index in [2.05, 4.69) is 25.3 Å². The molecule has 4 aromatic carbocycles. The Morgan fingerprint density at radius 3 is 1.79 bits per heavy atom. The van der Waals surface area contributed by atoms with Crippen molar-refractivity contribution in [3.05, 3.63) is 134 Å². The molecule has 5 aliphatic heterocycles. The van der Waals surface area contributed by atoms with Crippen LogP contribution in [-0.4, -0.2) is 204 Å². The Balaban J connectivity index is 0.852. The van der Waals surface area contributed by atoms with Crippen molar-refractivity contribution in [2.45, 2.75) is 81.9 Å². The minimum Gasteiger partial charge on any atom is -0.493 e. The molecule has 0 bridgehead atoms. The molecule has 498 valence electrons. The lowest BCUT2D eigenvalue weighted by atomic mass is 9.99. The van der Waals surface area contributed by atoms with E-state index in [1.807, 2.05) is 23.2 Å². The standard InChI is InChI=1S/C61H68N12O20S/c1-70-32-66-44-27-72-37(19-46(44)70)25-64-42-23-51(49(83-3)21-40(42)59(72)79)88-30-34-15-35(31-89-52-24-43-41(22-50(52)84-4)60(80)73-28-45-47(71(2)33-67-45)20-38(73)26-65-43)17-39(16-34)92-94(81,82)93-53-18-36(5-6-48(53)90-61-57(77)56(76)55(75)54(29-74)91-61)58(78)63-7-9-85-11-13-87-14-12-86-10-8-68-69-62/h5-6,15-18,21-26,32-33,37-38,54-57,61,74-77H,7-14,19-20,27-31H2,1-4H3,(H,63,78)/t37?,38?,54-,55+,56+,57-,61-/m1/s1. The third kappa shape index (κ3) is 14.8. The highest BCUT2D eigenvalue weighted by Gasteiger charge is 2.45. The van der Waals surface area contributed by atoms with Crippen LogP contribution in [-0.2, 0) is 82.6 Å². The molecule has 6 aromatic rings. The number of benzene rings is 4. The van der Waals surface area contributed by atoms with Crippen LogP contribution in [0.1, 0.15) is 65.0 Å². The van der Waals surface area contributed by atoms with Crippen molar-refractivity contribution in [3.63, 3.8) is 0 Å². The maximum absolute atomic E-state index is 14.4. The fourth-order valence-corrected chi connectivity index (χ4v) is 11.9. The van der Waals surface area contributed by atoms with Gasteiger partial charge in [0.1, 0.15) is 43.4 Å². The largest absolute Gasteiger partial charge is 0.501 e. The smallest absolute Gasteiger partial charge is 0.493 e. The molecule has 7 atom stereocenters. The summed E-state index contributed by atoms with van der Waals surface area (Å²) in [6.45, 7) is 0.585. The normalized spacial score (nSPS) is 20.2. The summed E-state index contributed by atoms with van der Waals surface area (Å²) in [7, 11) is 1.32. The monoisotopic (exact) mass is 1320 g/mol. The van der Waals surface area contributed by atoms with Gasteiger partial charge in [0.05, 0.1) is 132 Å². The molecule has 0 saturated carbocycles. The van der Waals surface area contributed by atoms with Crippen LogP contribution >= 0.6 is 0 Å². The van der Waals surface area contributed by atoms with Crippen LogP contribution in [0.3, 0.4) is 0 Å². The lowest BCUT2D eigenvalue weighted by molar-refractivity contribution is -0.277. The minimum atomic E-state index is -5.30. The number of nitrogens with one attached hydrogen (secondary N) is 1. The van der Waals surface area contributed by atoms with Gasteiger partial charge in [0.25, 0.3) is 17.7 Å². The van der Waals surface area contributed by atoms with E-state index in [0.717, 1.165) is 34.9 Å². The first-order valence-electron chi connectivity index (χ1n) is 29.7. The Hall–Kier alpha value is -9.41. The van der Waals surface area contributed by atoms with E-state index >= 15 is 0 Å². The Morgan fingerprint density at radius 2 is 1.24 bits per heavy atom. The summed E-state index contributed by atoms with van der Waals surface area (Å²) in [5.41, 5.74) is 13.5. The number of methoxy groups -OCH3 is 2. The molecule has 1 fully saturated rings. The number of imidazole rings is 2. The van der Waals surface area contributed by atoms with Crippen LogP contribution < -0.4 is 37.4 Å². The molecule has 0 aliphatic carbocycles. The molecule has 0 radical (unpaired) electrons. The number of hydrogen-bond donors (Lipinski definition) is 5. The highest BCUT2D eigenvalue weighted by molar-refractivity contribution is 7.82. The maximum Gasteiger partial charge on any atom is 0.501 e. The van der Waals surface area contributed by atoms with Crippen molar-refractivity contribution in [1.82, 2.24) is 34.2 Å². The van der Waals surface area contributed by atoms with Gasteiger partial charge in [-0.15, -0.1) is 8.42 Å². The van der Waals surface area contributed by atoms with Gasteiger partial charge in [-0.2, -0.15) is 0 Å². The van der Waals surface area contributed by atoms with E-state index in [0.29, 0.717) is 35.3 Å². The number of azide groups is 1. The number of rotatable bonds is 28. The quantitative estimate of drug-likeness (QED) is 0.0204. The highest BCUT2D eigenvalue weighted by Crippen LogP contribution is 2.42. The molecular weight excluding hydrogens is 1250 g/mol. The molecule has 2 unspecified atom stereocenters. The first-order chi connectivity index (χ1) is 45.4. The van der Waals surface area contributed by atoms with Crippen LogP contribution in [0.4, 0.5) is 11.4 Å². The number of fused-ring (bicyclic) bond motifs is 6. The van der Waals surface area contributed by atoms with Crippen molar-refractivity contribution < 1.29 is 94.2 Å². The topological polar surface area (TPSA) is 395 Å². The average Bonchev–Trinajstić information content (AvgIpc) is 1.56. The Morgan fingerprint density at radius 1 is 0.691 bits per heavy atom. The fourth-order valence-electron chi connectivity index (χ4n) is 11.2. The zero-order valence-electron chi connectivity index (χ0n) is 51.4. The molecule has 3 amide bonds. The van der Waals surface area contributed by atoms with Gasteiger partial charge >= 0.3 is 10.4 Å². The Kier molecular flexibility index (Phi) is 20.6. The van der Waals surface area contributed by atoms with Crippen molar-refractivity contribution in [2.75, 3.05) is 73.6 Å². The molecular formula is C61H68N12O20S. The van der Waals surface area contributed by atoms with Crippen LogP contribution in [0.15, 0.2) is 88.4 Å². The van der Waals surface area contributed by atoms with Gasteiger partial charge in [-0.25, -0.2) is 9.97 Å². The summed E-state index contributed by atoms with van der Waals surface area (Å²) in [4.78, 5) is 66.5. The molecule has 33 heteroatoms. The molecule has 94 heavy (non-hydrogen) atoms. The molecule has 2 aromatic heterocycles. The second-order valence-corrected chi connectivity index (χ2v) is 23.3. The number of hydrogen-bond acceptors (Lipinski definition) is 25. The molecule has 1 saturated heterocycles. The van der Waals surface area contributed by atoms with E-state index in [-0.39, 0.29) is 148 Å². The summed E-state index contributed by atoms with van der Waals surface area (Å²) in [6.07, 6.45) is -1.000. The first-order valence-corrected chi connectivity index (χ1v) is 31.0. The third-order valence-electron chi connectivity index (χ3n) is 16.0. The van der Waals surface area contributed by atoms with Gasteiger partial charge in [0.2, 0.25) is 6.29 Å². The Bertz CT molecular complexity index is 3860. The fraction of sp³-hybridized carbons (Fsp3) is 0.426. The number of carbonyl (C=O) groups is 3. The highest BCUT2D eigenvalue weighted by atomic mass is 32.3. The van der Waals surface area contributed by atoms with E-state index in [9.17, 15) is 43.2 Å². The van der Waals surface area contributed by atoms with E-state index in [4.69, 9.17) is 66.5 Å². The van der Waals surface area contributed by atoms with Gasteiger partial charge < -0.3 is 95.7 Å². The number of aliphatic imine (C=N–C) groups is 2. The number of aliphatic hydroxyl groups excluding tert-OH is 4. The van der Waals surface area contributed by atoms with Crippen molar-refractivity contribution in [2.24, 2.45) is 29.2 Å². The number of aryl methyl sites for hydroxylation is 2. The number of amides is 3. The molecule has 0 spiro atoms. The number of aromatic nitrogens is 4. The van der Waals surface area contributed by atoms with Crippen molar-refractivity contribution >= 4 is 51.9 Å². The summed E-state index contributed by atoms with van der Waals surface area (Å²) in [5.74, 6) is -2.07. The molecule has 5 N–H and O–H groups in total. The molecule has 5 aliphatic rings. The van der Waals surface area contributed by atoms with Gasteiger partial charge in [0.15, 0.2) is 34.5 Å². The summed E-state index contributed by atoms with van der Waals surface area (Å²) < 4.78 is 95.8. The van der Waals surface area contributed by atoms with Gasteiger partial charge in [0, 0.05) is 86.5 Å². The number of carbonyl (C=O) groups excluding carboxylic acids is 3. The van der Waals surface area contributed by atoms with Crippen molar-refractivity contribution in [1.29, 1.82) is 0 Å². The van der Waals surface area contributed by atoms with Crippen LogP contribution in [0.5, 0.6) is 40.2 Å². The lowest BCUT2D eigenvalue weighted by Gasteiger charge is -2.39. The summed E-state index contributed by atoms with van der Waals surface area (Å²) in [6, 6.07) is 13.2. The molecule has 32 nitrogen and oxygen atoms in total. The summed E-state index contributed by atoms with van der Waals surface area (Å²) in [5, 5.41) is 47.9. The van der Waals surface area contributed by atoms with Gasteiger partial charge in [-0.05, 0) is 65.2 Å². The van der Waals surface area contributed by atoms with Gasteiger partial charge in [-0.1, -0.05) is 5.11 Å². The zero-order chi connectivity index (χ0) is 66.2. The SMILES string of the molecule is COc1cc2c(cc1OCc1cc(COc3cc4c(cc3OC)C(=O)N3Cc5ncn(C)c5CC3C=N4)cc(OS(=O)(=O)Oc3cc(C(=O)NCCOCCOCCOCCN=[N+]=[N-])ccc3O[C@@H]3O[C@H](CO)[C@H](O)[C@H](O)[C@H]3O)c1)N=CC1Cc3c(ncn3C)CN1C2=O. The predicted octanol–water partition coefficient (Wildman–Crippen LogP) is 2.87. The van der Waals surface area contributed by atoms with Crippen molar-refractivity contribution in [3.8, 4) is 40.2 Å². The van der Waals surface area contributed by atoms with Crippen LogP contribution in [0.25, 0.3) is 10.4 Å². The van der Waals surface area contributed by atoms with E-state index in [1.165, 1.54) is 44.6 Å². The van der Waals surface area contributed by atoms with Gasteiger partial charge in [-0.3, -0.25) is 24.4 Å². The molecule has 11 rings (SSSR count). The van der Waals surface area contributed by atoms with E-state index < -0.39 is 65.1 Å². The number of nitrogens with zero attached hydrogens (tertiary/aromatic N) is 11. The number of aliphatic hydroxyl groups is 4. The third-order valence-corrected chi connectivity index (χ3v) is 16.8.